The minimum Gasteiger partial charge on any atom is -0.459 e. The van der Waals surface area contributed by atoms with E-state index in [1.54, 1.807) is 32.1 Å². The summed E-state index contributed by atoms with van der Waals surface area (Å²) in [5.41, 5.74) is 0.129. The molecular formula is C15H15NO2S. The van der Waals surface area contributed by atoms with Crippen LogP contribution in [0.25, 0.3) is 10.1 Å². The number of benzene rings is 1. The number of esters is 1. The summed E-state index contributed by atoms with van der Waals surface area (Å²) in [5.74, 6) is -1.37. The third-order valence-electron chi connectivity index (χ3n) is 2.61. The van der Waals surface area contributed by atoms with Gasteiger partial charge in [0.2, 0.25) is 0 Å². The Morgan fingerprint density at radius 3 is 2.74 bits per heavy atom. The van der Waals surface area contributed by atoms with Crippen LogP contribution in [0.5, 0.6) is 0 Å². The number of rotatable bonds is 2. The van der Waals surface area contributed by atoms with E-state index < -0.39 is 17.5 Å². The molecule has 0 spiro atoms. The Labute approximate surface area is 116 Å². The molecule has 0 saturated heterocycles. The monoisotopic (exact) mass is 273 g/mol. The highest BCUT2D eigenvalue weighted by Crippen LogP contribution is 2.30. The smallest absolute Gasteiger partial charge is 0.328 e. The van der Waals surface area contributed by atoms with E-state index in [0.29, 0.717) is 0 Å². The average molecular weight is 273 g/mol. The lowest BCUT2D eigenvalue weighted by Gasteiger charge is -2.21. The molecule has 2 rings (SSSR count). The molecule has 0 fully saturated rings. The summed E-state index contributed by atoms with van der Waals surface area (Å²) in [6, 6.07) is 9.64. The first-order valence-corrected chi connectivity index (χ1v) is 6.89. The first-order valence-electron chi connectivity index (χ1n) is 6.01. The molecule has 98 valence electrons. The van der Waals surface area contributed by atoms with Crippen molar-refractivity contribution >= 4 is 27.4 Å². The highest BCUT2D eigenvalue weighted by molar-refractivity contribution is 7.17. The molecule has 0 saturated carbocycles. The fourth-order valence-corrected chi connectivity index (χ4v) is 2.70. The van der Waals surface area contributed by atoms with Gasteiger partial charge in [0.25, 0.3) is 0 Å². The third-order valence-corrected chi connectivity index (χ3v) is 3.49. The Morgan fingerprint density at radius 1 is 1.37 bits per heavy atom. The van der Waals surface area contributed by atoms with Gasteiger partial charge in [0.05, 0.1) is 6.07 Å². The van der Waals surface area contributed by atoms with E-state index in [1.165, 1.54) is 0 Å². The third kappa shape index (κ3) is 2.94. The number of hydrogen-bond donors (Lipinski definition) is 0. The van der Waals surface area contributed by atoms with Gasteiger partial charge in [0, 0.05) is 4.70 Å². The zero-order chi connectivity index (χ0) is 14.0. The molecule has 4 heteroatoms. The predicted molar refractivity (Wildman–Crippen MR) is 76.0 cm³/mol. The van der Waals surface area contributed by atoms with E-state index in [0.717, 1.165) is 15.6 Å². The van der Waals surface area contributed by atoms with Crippen LogP contribution in [0.1, 0.15) is 32.3 Å². The number of carbonyl (C=O) groups is 1. The number of hydrogen-bond acceptors (Lipinski definition) is 4. The molecule has 1 unspecified atom stereocenters. The van der Waals surface area contributed by atoms with Crippen LogP contribution in [-0.2, 0) is 9.53 Å². The summed E-state index contributed by atoms with van der Waals surface area (Å²) in [4.78, 5) is 12.1. The lowest BCUT2D eigenvalue weighted by atomic mass is 9.97. The summed E-state index contributed by atoms with van der Waals surface area (Å²) in [7, 11) is 0. The molecule has 3 nitrogen and oxygen atoms in total. The highest BCUT2D eigenvalue weighted by atomic mass is 32.1. The number of fused-ring (bicyclic) bond motifs is 1. The fraction of sp³-hybridized carbons (Fsp3) is 0.333. The molecule has 19 heavy (non-hydrogen) atoms. The average Bonchev–Trinajstić information content (AvgIpc) is 2.76. The van der Waals surface area contributed by atoms with Crippen LogP contribution in [0, 0.1) is 11.3 Å². The Bertz CT molecular complexity index is 646. The van der Waals surface area contributed by atoms with E-state index in [4.69, 9.17) is 4.74 Å². The van der Waals surface area contributed by atoms with Crippen molar-refractivity contribution in [2.24, 2.45) is 0 Å². The van der Waals surface area contributed by atoms with Crippen molar-refractivity contribution in [1.82, 2.24) is 0 Å². The molecular weight excluding hydrogens is 258 g/mol. The summed E-state index contributed by atoms with van der Waals surface area (Å²) < 4.78 is 6.38. The number of thiophene rings is 1. The molecule has 0 N–H and O–H groups in total. The molecule has 1 aromatic carbocycles. The van der Waals surface area contributed by atoms with Gasteiger partial charge < -0.3 is 4.74 Å². The van der Waals surface area contributed by atoms with Gasteiger partial charge in [-0.3, -0.25) is 4.79 Å². The lowest BCUT2D eigenvalue weighted by Crippen LogP contribution is -2.27. The molecule has 0 aliphatic rings. The van der Waals surface area contributed by atoms with E-state index in [1.807, 2.05) is 29.6 Å². The van der Waals surface area contributed by atoms with Crippen molar-refractivity contribution in [3.05, 3.63) is 35.2 Å². The fourth-order valence-electron chi connectivity index (χ4n) is 1.88. The molecule has 1 heterocycles. The SMILES string of the molecule is CC(C)(C)OC(=O)C(C#N)c1cccc2sccc12. The second kappa shape index (κ2) is 5.02. The van der Waals surface area contributed by atoms with E-state index in [9.17, 15) is 10.1 Å². The maximum atomic E-state index is 12.1. The van der Waals surface area contributed by atoms with E-state index >= 15 is 0 Å². The maximum absolute atomic E-state index is 12.1. The minimum absolute atomic E-state index is 0.492. The van der Waals surface area contributed by atoms with Gasteiger partial charge in [0.15, 0.2) is 5.92 Å². The molecule has 1 atom stereocenters. The zero-order valence-electron chi connectivity index (χ0n) is 11.1. The van der Waals surface area contributed by atoms with Gasteiger partial charge in [-0.1, -0.05) is 12.1 Å². The van der Waals surface area contributed by atoms with Crippen LogP contribution in [0.3, 0.4) is 0 Å². The van der Waals surface area contributed by atoms with Crippen molar-refractivity contribution in [2.75, 3.05) is 0 Å². The van der Waals surface area contributed by atoms with Crippen molar-refractivity contribution < 1.29 is 9.53 Å². The molecule has 0 bridgehead atoms. The number of ether oxygens (including phenoxy) is 1. The van der Waals surface area contributed by atoms with Gasteiger partial charge in [0.1, 0.15) is 5.60 Å². The van der Waals surface area contributed by atoms with Gasteiger partial charge in [-0.25, -0.2) is 0 Å². The van der Waals surface area contributed by atoms with Gasteiger partial charge in [-0.05, 0) is 49.2 Å². The molecule has 0 radical (unpaired) electrons. The van der Waals surface area contributed by atoms with Crippen LogP contribution < -0.4 is 0 Å². The standard InChI is InChI=1S/C15H15NO2S/c1-15(2,3)18-14(17)12(9-16)10-5-4-6-13-11(10)7-8-19-13/h4-8,12H,1-3H3. The quantitative estimate of drug-likeness (QED) is 0.781. The Kier molecular flexibility index (Phi) is 3.59. The van der Waals surface area contributed by atoms with Crippen molar-refractivity contribution in [3.8, 4) is 6.07 Å². The van der Waals surface area contributed by atoms with Crippen LogP contribution in [0.4, 0.5) is 0 Å². The molecule has 0 aliphatic heterocycles. The van der Waals surface area contributed by atoms with Crippen molar-refractivity contribution in [1.29, 1.82) is 5.26 Å². The minimum atomic E-state index is -0.877. The van der Waals surface area contributed by atoms with Crippen molar-refractivity contribution in [2.45, 2.75) is 32.3 Å². The van der Waals surface area contributed by atoms with Crippen LogP contribution >= 0.6 is 11.3 Å². The summed E-state index contributed by atoms with van der Waals surface area (Å²) in [5, 5.41) is 12.2. The summed E-state index contributed by atoms with van der Waals surface area (Å²) >= 11 is 1.59. The van der Waals surface area contributed by atoms with Crippen LogP contribution in [0.15, 0.2) is 29.6 Å². The largest absolute Gasteiger partial charge is 0.459 e. The lowest BCUT2D eigenvalue weighted by molar-refractivity contribution is -0.155. The van der Waals surface area contributed by atoms with E-state index in [2.05, 4.69) is 6.07 Å². The Balaban J connectivity index is 2.40. The predicted octanol–water partition coefficient (Wildman–Crippen LogP) is 3.85. The Hall–Kier alpha value is -1.86. The topological polar surface area (TPSA) is 50.1 Å². The first kappa shape index (κ1) is 13.6. The van der Waals surface area contributed by atoms with Crippen molar-refractivity contribution in [3.63, 3.8) is 0 Å². The number of nitriles is 1. The van der Waals surface area contributed by atoms with Gasteiger partial charge in [-0.15, -0.1) is 11.3 Å². The first-order chi connectivity index (χ1) is 8.92. The zero-order valence-corrected chi connectivity index (χ0v) is 12.0. The summed E-state index contributed by atoms with van der Waals surface area (Å²) in [6.07, 6.45) is 0. The highest BCUT2D eigenvalue weighted by Gasteiger charge is 2.27. The van der Waals surface area contributed by atoms with Crippen LogP contribution in [0.2, 0.25) is 0 Å². The Morgan fingerprint density at radius 2 is 2.11 bits per heavy atom. The normalized spacial score (nSPS) is 12.9. The molecule has 0 aliphatic carbocycles. The second-order valence-electron chi connectivity index (χ2n) is 5.28. The number of nitrogens with zero attached hydrogens (tertiary/aromatic N) is 1. The van der Waals surface area contributed by atoms with Gasteiger partial charge >= 0.3 is 5.97 Å². The summed E-state index contributed by atoms with van der Waals surface area (Å²) in [6.45, 7) is 5.39. The maximum Gasteiger partial charge on any atom is 0.328 e. The van der Waals surface area contributed by atoms with Crippen LogP contribution in [-0.4, -0.2) is 11.6 Å². The van der Waals surface area contributed by atoms with Gasteiger partial charge in [-0.2, -0.15) is 5.26 Å². The number of carbonyl (C=O) groups excluding carboxylic acids is 1. The molecule has 1 aromatic heterocycles. The second-order valence-corrected chi connectivity index (χ2v) is 6.22. The molecule has 0 amide bonds. The molecule has 2 aromatic rings. The van der Waals surface area contributed by atoms with E-state index in [-0.39, 0.29) is 0 Å².